The molecule has 3 aromatic rings. The van der Waals surface area contributed by atoms with Crippen molar-refractivity contribution in [3.05, 3.63) is 71.2 Å². The van der Waals surface area contributed by atoms with Crippen LogP contribution < -0.4 is 16.4 Å². The Kier molecular flexibility index (Phi) is 7.59. The average molecular weight is 439 g/mol. The van der Waals surface area contributed by atoms with Crippen molar-refractivity contribution in [3.63, 3.8) is 0 Å². The second-order valence-electron chi connectivity index (χ2n) is 7.75. The third kappa shape index (κ3) is 6.16. The van der Waals surface area contributed by atoms with Gasteiger partial charge < -0.3 is 21.4 Å². The average Bonchev–Trinajstić information content (AvgIpc) is 3.36. The number of carbonyl (C=O) groups excluding carboxylic acids is 3. The van der Waals surface area contributed by atoms with Crippen molar-refractivity contribution in [2.75, 3.05) is 7.05 Å². The zero-order valence-corrected chi connectivity index (χ0v) is 17.9. The van der Waals surface area contributed by atoms with Crippen LogP contribution in [0.4, 0.5) is 4.39 Å². The number of rotatable bonds is 6. The summed E-state index contributed by atoms with van der Waals surface area (Å²) in [6.07, 6.45) is 2.91. The highest BCUT2D eigenvalue weighted by Crippen LogP contribution is 2.22. The van der Waals surface area contributed by atoms with Crippen LogP contribution in [-0.4, -0.2) is 35.8 Å². The molecule has 5 N–H and O–H groups in total. The summed E-state index contributed by atoms with van der Waals surface area (Å²) in [7, 11) is 1.56. The van der Waals surface area contributed by atoms with Gasteiger partial charge in [0.15, 0.2) is 0 Å². The maximum Gasteiger partial charge on any atom is 0.267 e. The molecule has 0 atom stereocenters. The smallest absolute Gasteiger partial charge is 0.267 e. The highest BCUT2D eigenvalue weighted by molar-refractivity contribution is 5.98. The Hall–Kier alpha value is -3.68. The molecule has 0 saturated heterocycles. The fraction of sp³-hybridized carbons (Fsp3) is 0.292. The molecule has 0 fully saturated rings. The summed E-state index contributed by atoms with van der Waals surface area (Å²) in [4.78, 5) is 36.1. The van der Waals surface area contributed by atoms with Crippen LogP contribution in [0.3, 0.4) is 0 Å². The first-order chi connectivity index (χ1) is 15.4. The number of benzene rings is 2. The molecule has 1 heterocycles. The number of hydrogen-bond acceptors (Lipinski definition) is 3. The van der Waals surface area contributed by atoms with Crippen LogP contribution in [-0.2, 0) is 22.4 Å². The van der Waals surface area contributed by atoms with Crippen molar-refractivity contribution in [2.45, 2.75) is 38.1 Å². The molecular formula is C24H27FN4O3. The fourth-order valence-electron chi connectivity index (χ4n) is 3.70. The van der Waals surface area contributed by atoms with Crippen LogP contribution in [0.15, 0.2) is 48.5 Å². The zero-order chi connectivity index (χ0) is 23.1. The highest BCUT2D eigenvalue weighted by Gasteiger charge is 2.23. The van der Waals surface area contributed by atoms with Crippen molar-refractivity contribution in [1.82, 2.24) is 15.6 Å². The summed E-state index contributed by atoms with van der Waals surface area (Å²) in [5, 5.41) is 6.21. The van der Waals surface area contributed by atoms with Gasteiger partial charge in [-0.3, -0.25) is 14.4 Å². The minimum atomic E-state index is -0.357. The highest BCUT2D eigenvalue weighted by atomic mass is 19.1. The number of hydrogen-bond donors (Lipinski definition) is 4. The van der Waals surface area contributed by atoms with Crippen molar-refractivity contribution < 1.29 is 18.8 Å². The van der Waals surface area contributed by atoms with Crippen molar-refractivity contribution in [1.29, 1.82) is 0 Å². The number of nitrogens with two attached hydrogens (primary N) is 1. The Morgan fingerprint density at radius 3 is 2.38 bits per heavy atom. The molecule has 1 aliphatic carbocycles. The molecule has 3 amide bonds. The van der Waals surface area contributed by atoms with Gasteiger partial charge in [0.25, 0.3) is 5.91 Å². The van der Waals surface area contributed by atoms with E-state index in [4.69, 9.17) is 5.73 Å². The van der Waals surface area contributed by atoms with E-state index in [0.29, 0.717) is 23.9 Å². The van der Waals surface area contributed by atoms with E-state index in [2.05, 4.69) is 27.8 Å². The van der Waals surface area contributed by atoms with Crippen LogP contribution in [0.1, 0.15) is 40.9 Å². The number of fused-ring (bicyclic) bond motifs is 2. The lowest BCUT2D eigenvalue weighted by Gasteiger charge is -2.10. The van der Waals surface area contributed by atoms with Crippen LogP contribution in [0, 0.1) is 5.82 Å². The first-order valence-corrected chi connectivity index (χ1v) is 10.5. The van der Waals surface area contributed by atoms with E-state index in [9.17, 15) is 18.8 Å². The third-order valence-electron chi connectivity index (χ3n) is 5.32. The van der Waals surface area contributed by atoms with Gasteiger partial charge in [0.05, 0.1) is 0 Å². The predicted octanol–water partition coefficient (Wildman–Crippen LogP) is 2.59. The summed E-state index contributed by atoms with van der Waals surface area (Å²) in [6, 6.07) is 14.5. The summed E-state index contributed by atoms with van der Waals surface area (Å²) in [5.41, 5.74) is 8.68. The molecule has 0 aliphatic heterocycles. The molecule has 0 saturated carbocycles. The number of aromatic nitrogens is 1. The lowest BCUT2D eigenvalue weighted by atomic mass is 10.1. The molecule has 0 radical (unpaired) electrons. The molecular weight excluding hydrogens is 411 g/mol. The zero-order valence-electron chi connectivity index (χ0n) is 17.9. The first-order valence-electron chi connectivity index (χ1n) is 10.5. The Balaban J connectivity index is 0.000000247. The largest absolute Gasteiger partial charge is 0.370 e. The lowest BCUT2D eigenvalue weighted by Crippen LogP contribution is -2.35. The van der Waals surface area contributed by atoms with E-state index in [1.807, 2.05) is 12.1 Å². The molecule has 168 valence electrons. The van der Waals surface area contributed by atoms with Crippen LogP contribution in [0.25, 0.3) is 10.9 Å². The monoisotopic (exact) mass is 438 g/mol. The number of H-pyrrole nitrogens is 1. The van der Waals surface area contributed by atoms with Gasteiger partial charge in [0.1, 0.15) is 11.5 Å². The Labute approximate surface area is 185 Å². The lowest BCUT2D eigenvalue weighted by molar-refractivity contribution is -0.121. The maximum absolute atomic E-state index is 13.2. The minimum Gasteiger partial charge on any atom is -0.370 e. The normalized spacial score (nSPS) is 12.6. The molecule has 4 rings (SSSR count). The van der Waals surface area contributed by atoms with Crippen LogP contribution in [0.5, 0.6) is 0 Å². The van der Waals surface area contributed by atoms with E-state index >= 15 is 0 Å². The predicted molar refractivity (Wildman–Crippen MR) is 120 cm³/mol. The van der Waals surface area contributed by atoms with Gasteiger partial charge in [-0.15, -0.1) is 0 Å². The van der Waals surface area contributed by atoms with E-state index in [1.165, 1.54) is 23.3 Å². The first kappa shape index (κ1) is 23.0. The second kappa shape index (κ2) is 10.6. The molecule has 8 heteroatoms. The molecule has 1 aliphatic rings. The van der Waals surface area contributed by atoms with Gasteiger partial charge in [-0.25, -0.2) is 4.39 Å². The van der Waals surface area contributed by atoms with Crippen molar-refractivity contribution in [3.8, 4) is 0 Å². The van der Waals surface area contributed by atoms with Crippen molar-refractivity contribution in [2.24, 2.45) is 5.73 Å². The number of aromatic amines is 1. The summed E-state index contributed by atoms with van der Waals surface area (Å²) in [6.45, 7) is 0. The summed E-state index contributed by atoms with van der Waals surface area (Å²) >= 11 is 0. The fourth-order valence-corrected chi connectivity index (χ4v) is 3.70. The topological polar surface area (TPSA) is 117 Å². The number of carbonyl (C=O) groups is 3. The molecule has 0 unspecified atom stereocenters. The van der Waals surface area contributed by atoms with Crippen LogP contribution in [0.2, 0.25) is 0 Å². The summed E-state index contributed by atoms with van der Waals surface area (Å²) < 4.78 is 13.2. The Bertz CT molecular complexity index is 1100. The van der Waals surface area contributed by atoms with E-state index in [1.54, 1.807) is 19.2 Å². The van der Waals surface area contributed by atoms with E-state index < -0.39 is 0 Å². The van der Waals surface area contributed by atoms with Crippen LogP contribution >= 0.6 is 0 Å². The van der Waals surface area contributed by atoms with E-state index in [0.717, 1.165) is 18.4 Å². The van der Waals surface area contributed by atoms with Gasteiger partial charge in [-0.1, -0.05) is 24.3 Å². The van der Waals surface area contributed by atoms with Crippen molar-refractivity contribution >= 4 is 28.6 Å². The third-order valence-corrected chi connectivity index (χ3v) is 5.32. The summed E-state index contributed by atoms with van der Waals surface area (Å²) in [5.74, 6) is -0.857. The molecule has 0 spiro atoms. The SMILES string of the molecule is CNC(=O)CCCC(N)=O.O=C(NC1Cc2ccccc2C1)c1cc2cc(F)ccc2[nH]1. The molecule has 7 nitrogen and oxygen atoms in total. The van der Waals surface area contributed by atoms with Gasteiger partial charge in [-0.05, 0) is 54.7 Å². The quantitative estimate of drug-likeness (QED) is 0.474. The number of primary amides is 1. The van der Waals surface area contributed by atoms with Gasteiger partial charge in [-0.2, -0.15) is 0 Å². The Morgan fingerprint density at radius 2 is 1.75 bits per heavy atom. The van der Waals surface area contributed by atoms with E-state index in [-0.39, 0.29) is 36.0 Å². The second-order valence-corrected chi connectivity index (χ2v) is 7.75. The minimum absolute atomic E-state index is 0.0544. The standard InChI is InChI=1S/C18H15FN2O.C6H12N2O2/c19-14-5-6-16-13(7-14)10-17(21-16)18(22)20-15-8-11-3-1-2-4-12(11)9-15;1-8-6(10)4-2-3-5(7)9/h1-7,10,15,21H,8-9H2,(H,20,22);2-4H2,1H3,(H2,7,9)(H,8,10). The molecule has 1 aromatic heterocycles. The van der Waals surface area contributed by atoms with Gasteiger partial charge in [0.2, 0.25) is 11.8 Å². The van der Waals surface area contributed by atoms with Gasteiger partial charge >= 0.3 is 0 Å². The number of nitrogens with one attached hydrogen (secondary N) is 3. The maximum atomic E-state index is 13.2. The number of halogens is 1. The molecule has 2 aromatic carbocycles. The Morgan fingerprint density at radius 1 is 1.06 bits per heavy atom. The molecule has 32 heavy (non-hydrogen) atoms. The van der Waals surface area contributed by atoms with Gasteiger partial charge in [0, 0.05) is 36.8 Å². The molecule has 0 bridgehead atoms. The number of amides is 3.